The standard InChI is InChI=1S/C24H32N4O5S/c1-27-18(7-10-22(29)25-15-19-4-3-13-33-19)14-26-24(30)23-21(27)11-12-28(23)16-17-5-8-20(9-6-17)34(2,31)32/h3-6,8-9,13,18,21,23H,7,10-12,14-16H2,1-2H3,(H,25,29)(H,26,30). The molecule has 2 saturated heterocycles. The third-order valence-corrected chi connectivity index (χ3v) is 7.96. The summed E-state index contributed by atoms with van der Waals surface area (Å²) >= 11 is 0. The minimum absolute atomic E-state index is 0.00637. The third-order valence-electron chi connectivity index (χ3n) is 6.83. The van der Waals surface area contributed by atoms with E-state index < -0.39 is 9.84 Å². The van der Waals surface area contributed by atoms with Gasteiger partial charge in [0.15, 0.2) is 9.84 Å². The van der Waals surface area contributed by atoms with E-state index in [9.17, 15) is 18.0 Å². The number of rotatable bonds is 8. The highest BCUT2D eigenvalue weighted by Crippen LogP contribution is 2.28. The van der Waals surface area contributed by atoms with Crippen molar-refractivity contribution in [1.29, 1.82) is 0 Å². The Kier molecular flexibility index (Phi) is 7.39. The van der Waals surface area contributed by atoms with Gasteiger partial charge in [0, 0.05) is 44.4 Å². The van der Waals surface area contributed by atoms with Crippen LogP contribution in [0.15, 0.2) is 52.0 Å². The summed E-state index contributed by atoms with van der Waals surface area (Å²) in [6.45, 7) is 2.22. The Labute approximate surface area is 200 Å². The summed E-state index contributed by atoms with van der Waals surface area (Å²) in [4.78, 5) is 30.0. The maximum atomic E-state index is 13.0. The molecular weight excluding hydrogens is 456 g/mol. The second-order valence-electron chi connectivity index (χ2n) is 9.15. The fourth-order valence-electron chi connectivity index (χ4n) is 4.89. The van der Waals surface area contributed by atoms with Gasteiger partial charge in [-0.15, -0.1) is 0 Å². The van der Waals surface area contributed by atoms with E-state index in [-0.39, 0.29) is 29.9 Å². The molecule has 2 amide bonds. The molecule has 0 radical (unpaired) electrons. The van der Waals surface area contributed by atoms with Crippen molar-refractivity contribution >= 4 is 21.7 Å². The first-order valence-electron chi connectivity index (χ1n) is 11.5. The lowest BCUT2D eigenvalue weighted by atomic mass is 10.0. The number of fused-ring (bicyclic) bond motifs is 1. The first-order chi connectivity index (χ1) is 16.2. The summed E-state index contributed by atoms with van der Waals surface area (Å²) in [6.07, 6.45) is 4.65. The van der Waals surface area contributed by atoms with Gasteiger partial charge in [-0.25, -0.2) is 8.42 Å². The van der Waals surface area contributed by atoms with Crippen LogP contribution >= 0.6 is 0 Å². The van der Waals surface area contributed by atoms with E-state index >= 15 is 0 Å². The molecule has 2 aromatic rings. The predicted octanol–water partition coefficient (Wildman–Crippen LogP) is 1.15. The largest absolute Gasteiger partial charge is 0.467 e. The van der Waals surface area contributed by atoms with Gasteiger partial charge in [0.1, 0.15) is 11.8 Å². The molecule has 4 rings (SSSR count). The van der Waals surface area contributed by atoms with Gasteiger partial charge in [-0.3, -0.25) is 19.4 Å². The fourth-order valence-corrected chi connectivity index (χ4v) is 5.52. The lowest BCUT2D eigenvalue weighted by Gasteiger charge is -2.33. The second kappa shape index (κ2) is 10.3. The fraction of sp³-hybridized carbons (Fsp3) is 0.500. The van der Waals surface area contributed by atoms with E-state index in [1.807, 2.05) is 25.2 Å². The summed E-state index contributed by atoms with van der Waals surface area (Å²) in [5.74, 6) is 0.682. The van der Waals surface area contributed by atoms with E-state index in [1.165, 1.54) is 6.26 Å². The molecule has 3 unspecified atom stereocenters. The summed E-state index contributed by atoms with van der Waals surface area (Å²) < 4.78 is 28.7. The Bertz CT molecular complexity index is 1100. The average molecular weight is 489 g/mol. The van der Waals surface area contributed by atoms with E-state index in [2.05, 4.69) is 20.4 Å². The van der Waals surface area contributed by atoms with Gasteiger partial charge in [-0.2, -0.15) is 0 Å². The molecule has 34 heavy (non-hydrogen) atoms. The molecule has 3 atom stereocenters. The highest BCUT2D eigenvalue weighted by Gasteiger charge is 2.44. The van der Waals surface area contributed by atoms with Crippen LogP contribution in [0.3, 0.4) is 0 Å². The minimum Gasteiger partial charge on any atom is -0.467 e. The van der Waals surface area contributed by atoms with Crippen molar-refractivity contribution in [3.63, 3.8) is 0 Å². The van der Waals surface area contributed by atoms with Crippen LogP contribution in [0, 0.1) is 0 Å². The Morgan fingerprint density at radius 1 is 1.24 bits per heavy atom. The van der Waals surface area contributed by atoms with Gasteiger partial charge in [0.2, 0.25) is 11.8 Å². The number of furan rings is 1. The highest BCUT2D eigenvalue weighted by molar-refractivity contribution is 7.90. The predicted molar refractivity (Wildman–Crippen MR) is 127 cm³/mol. The molecule has 0 spiro atoms. The Balaban J connectivity index is 1.34. The first kappa shape index (κ1) is 24.4. The summed E-state index contributed by atoms with van der Waals surface area (Å²) in [6, 6.07) is 10.3. The number of hydrogen-bond acceptors (Lipinski definition) is 7. The van der Waals surface area contributed by atoms with E-state index in [0.717, 1.165) is 18.5 Å². The quantitative estimate of drug-likeness (QED) is 0.573. The van der Waals surface area contributed by atoms with Crippen LogP contribution in [-0.4, -0.2) is 74.6 Å². The lowest BCUT2D eigenvalue weighted by molar-refractivity contribution is -0.126. The van der Waals surface area contributed by atoms with Gasteiger partial charge in [0.25, 0.3) is 0 Å². The van der Waals surface area contributed by atoms with Crippen LogP contribution in [0.5, 0.6) is 0 Å². The number of nitrogens with zero attached hydrogens (tertiary/aromatic N) is 2. The molecule has 2 fully saturated rings. The van der Waals surface area contributed by atoms with Gasteiger partial charge in [0.05, 0.1) is 17.7 Å². The normalized spacial score (nSPS) is 23.8. The molecule has 2 N–H and O–H groups in total. The van der Waals surface area contributed by atoms with Crippen LogP contribution in [-0.2, 0) is 32.5 Å². The van der Waals surface area contributed by atoms with Crippen molar-refractivity contribution in [1.82, 2.24) is 20.4 Å². The van der Waals surface area contributed by atoms with Crippen LogP contribution in [0.2, 0.25) is 0 Å². The molecule has 184 valence electrons. The molecule has 0 bridgehead atoms. The van der Waals surface area contributed by atoms with Crippen molar-refractivity contribution in [3.05, 3.63) is 54.0 Å². The van der Waals surface area contributed by atoms with E-state index in [4.69, 9.17) is 4.42 Å². The molecule has 0 aliphatic carbocycles. The number of amides is 2. The van der Waals surface area contributed by atoms with E-state index in [0.29, 0.717) is 43.1 Å². The van der Waals surface area contributed by atoms with Crippen LogP contribution in [0.1, 0.15) is 30.6 Å². The molecular formula is C24H32N4O5S. The summed E-state index contributed by atoms with van der Waals surface area (Å²) in [5, 5.41) is 5.94. The monoisotopic (exact) mass is 488 g/mol. The van der Waals surface area contributed by atoms with Crippen LogP contribution in [0.4, 0.5) is 0 Å². The molecule has 3 heterocycles. The first-order valence-corrected chi connectivity index (χ1v) is 13.4. The number of carbonyl (C=O) groups excluding carboxylic acids is 2. The van der Waals surface area contributed by atoms with Crippen molar-refractivity contribution in [2.24, 2.45) is 0 Å². The SMILES string of the molecule is CN1C(CCC(=O)NCc2ccco2)CNC(=O)C2C1CCN2Cc1ccc(S(C)(=O)=O)cc1. The number of sulfone groups is 1. The number of nitrogens with one attached hydrogen (secondary N) is 2. The Morgan fingerprint density at radius 3 is 2.68 bits per heavy atom. The average Bonchev–Trinajstić information content (AvgIpc) is 3.44. The molecule has 0 saturated carbocycles. The summed E-state index contributed by atoms with van der Waals surface area (Å²) in [7, 11) is -1.20. The molecule has 2 aliphatic heterocycles. The van der Waals surface area contributed by atoms with E-state index in [1.54, 1.807) is 24.5 Å². The topological polar surface area (TPSA) is 112 Å². The minimum atomic E-state index is -3.24. The molecule has 10 heteroatoms. The van der Waals surface area contributed by atoms with Gasteiger partial charge >= 0.3 is 0 Å². The molecule has 9 nitrogen and oxygen atoms in total. The lowest BCUT2D eigenvalue weighted by Crippen LogP contribution is -2.49. The smallest absolute Gasteiger partial charge is 0.239 e. The number of likely N-dealkylation sites (N-methyl/N-ethyl adjacent to an activating group) is 1. The van der Waals surface area contributed by atoms with Crippen molar-refractivity contribution < 1.29 is 22.4 Å². The maximum absolute atomic E-state index is 13.0. The van der Waals surface area contributed by atoms with Crippen molar-refractivity contribution in [2.45, 2.75) is 55.4 Å². The second-order valence-corrected chi connectivity index (χ2v) is 11.2. The molecule has 1 aromatic heterocycles. The highest BCUT2D eigenvalue weighted by atomic mass is 32.2. The number of hydrogen-bond donors (Lipinski definition) is 2. The number of likely N-dealkylation sites (tertiary alicyclic amines) is 1. The molecule has 1 aromatic carbocycles. The van der Waals surface area contributed by atoms with Gasteiger partial charge in [-0.1, -0.05) is 12.1 Å². The Hall–Kier alpha value is -2.69. The third kappa shape index (κ3) is 5.68. The zero-order valence-corrected chi connectivity index (χ0v) is 20.4. The number of carbonyl (C=O) groups is 2. The summed E-state index contributed by atoms with van der Waals surface area (Å²) in [5.41, 5.74) is 0.970. The van der Waals surface area contributed by atoms with Crippen molar-refractivity contribution in [2.75, 3.05) is 26.4 Å². The van der Waals surface area contributed by atoms with Gasteiger partial charge < -0.3 is 15.1 Å². The van der Waals surface area contributed by atoms with Crippen LogP contribution < -0.4 is 10.6 Å². The number of benzene rings is 1. The van der Waals surface area contributed by atoms with Crippen LogP contribution in [0.25, 0.3) is 0 Å². The maximum Gasteiger partial charge on any atom is 0.239 e. The van der Waals surface area contributed by atoms with Gasteiger partial charge in [-0.05, 0) is 49.7 Å². The molecule has 2 aliphatic rings. The zero-order valence-electron chi connectivity index (χ0n) is 19.6. The van der Waals surface area contributed by atoms with Crippen molar-refractivity contribution in [3.8, 4) is 0 Å². The Morgan fingerprint density at radius 2 is 2.00 bits per heavy atom. The zero-order chi connectivity index (χ0) is 24.3.